The smallest absolute Gasteiger partial charge is 0.254 e. The summed E-state index contributed by atoms with van der Waals surface area (Å²) in [5.41, 5.74) is 6.02. The summed E-state index contributed by atoms with van der Waals surface area (Å²) in [6, 6.07) is 8.05. The molecule has 0 aliphatic carbocycles. The average molecular weight is 1110 g/mol. The first kappa shape index (κ1) is 63.6. The van der Waals surface area contributed by atoms with Gasteiger partial charge in [-0.15, -0.1) is 0 Å². The standard InChI is InChI=1S/C53H70F2N10O14/c1-33(62(5)47(72)27-59-44(69)32-79-23-22-78-21-20-77-6)50(74)61-40(26-42(56)67)52(76)60-39(51(75)58-18-17-57-43(68)30-65-45(70)14-15-46(65)71)16-19-64(48(73)31-66)49(53(2,3)4)41-24-35(37-25-36(54)12-13-38(37)55)29-63(41)28-34-10-8-7-9-11-34/h7-15,24-25,29,33,39-40,49,66H,16-23,26-28,30-32H2,1-6H3,(H2,56,67)(H,57,68)(H,58,75)(H,59,69)(H,60,76)(H,61,74). The lowest BCUT2D eigenvalue weighted by Crippen LogP contribution is -2.58. The zero-order valence-electron chi connectivity index (χ0n) is 45.0. The van der Waals surface area contributed by atoms with Crippen molar-refractivity contribution in [3.63, 3.8) is 0 Å². The fourth-order valence-electron chi connectivity index (χ4n) is 8.18. The van der Waals surface area contributed by atoms with Crippen molar-refractivity contribution >= 4 is 59.1 Å². The van der Waals surface area contributed by atoms with Crippen molar-refractivity contribution in [1.29, 1.82) is 0 Å². The Balaban J connectivity index is 1.61. The summed E-state index contributed by atoms with van der Waals surface area (Å²) in [5.74, 6) is -9.77. The molecular formula is C53H70F2N10O14. The molecule has 0 spiro atoms. The number of ether oxygens (including phenoxy) is 3. The highest BCUT2D eigenvalue weighted by Gasteiger charge is 2.39. The van der Waals surface area contributed by atoms with Crippen LogP contribution in [0, 0.1) is 17.0 Å². The fourth-order valence-corrected chi connectivity index (χ4v) is 8.18. The van der Waals surface area contributed by atoms with Crippen LogP contribution in [-0.2, 0) is 68.7 Å². The number of nitrogens with two attached hydrogens (primary N) is 1. The number of amides is 10. The number of hydrogen-bond acceptors (Lipinski definition) is 14. The van der Waals surface area contributed by atoms with Gasteiger partial charge in [-0.2, -0.15) is 0 Å². The number of likely N-dealkylation sites (N-methyl/N-ethyl adjacent to an activating group) is 1. The summed E-state index contributed by atoms with van der Waals surface area (Å²) < 4.78 is 47.1. The molecule has 3 aromatic rings. The second-order valence-electron chi connectivity index (χ2n) is 19.3. The minimum atomic E-state index is -1.76. The Kier molecular flexibility index (Phi) is 24.8. The van der Waals surface area contributed by atoms with Crippen molar-refractivity contribution in [2.24, 2.45) is 11.1 Å². The largest absolute Gasteiger partial charge is 0.387 e. The molecule has 1 aromatic heterocycles. The lowest BCUT2D eigenvalue weighted by atomic mass is 9.82. The first-order valence-corrected chi connectivity index (χ1v) is 25.2. The van der Waals surface area contributed by atoms with Gasteiger partial charge in [-0.05, 0) is 48.6 Å². The van der Waals surface area contributed by atoms with Crippen LogP contribution in [0.1, 0.15) is 57.8 Å². The number of imide groups is 1. The SMILES string of the molecule is COCCOCCOCC(=O)NCC(=O)N(C)C(C)C(=O)NC(CC(N)=O)C(=O)NC(CCN(C(=O)CO)C(c1cc(-c2cc(F)ccc2F)cn1Cc1ccccc1)C(C)(C)C)C(=O)NCCNC(=O)CN1C(=O)C=CC1=O. The Labute approximate surface area is 455 Å². The predicted octanol–water partition coefficient (Wildman–Crippen LogP) is -0.575. The molecule has 1 aliphatic rings. The predicted molar refractivity (Wildman–Crippen MR) is 279 cm³/mol. The number of aliphatic hydroxyl groups excluding tert-OH is 1. The molecule has 0 bridgehead atoms. The van der Waals surface area contributed by atoms with Gasteiger partial charge in [0.1, 0.15) is 49.5 Å². The number of nitrogens with one attached hydrogen (secondary N) is 5. The maximum absolute atomic E-state index is 15.4. The number of aromatic nitrogens is 1. The Bertz CT molecular complexity index is 2660. The lowest BCUT2D eigenvalue weighted by molar-refractivity contribution is -0.141. The van der Waals surface area contributed by atoms with Crippen molar-refractivity contribution in [3.05, 3.63) is 95.8 Å². The van der Waals surface area contributed by atoms with Gasteiger partial charge in [0.2, 0.25) is 47.3 Å². The Hall–Kier alpha value is -7.94. The van der Waals surface area contributed by atoms with Crippen molar-refractivity contribution in [3.8, 4) is 11.1 Å². The van der Waals surface area contributed by atoms with E-state index >= 15 is 4.39 Å². The van der Waals surface area contributed by atoms with Gasteiger partial charge in [0, 0.05) is 75.5 Å². The number of nitrogens with zero attached hydrogens (tertiary/aromatic N) is 4. The van der Waals surface area contributed by atoms with Crippen molar-refractivity contribution in [2.75, 3.05) is 86.5 Å². The molecule has 430 valence electrons. The summed E-state index contributed by atoms with van der Waals surface area (Å²) in [4.78, 5) is 133. The number of carbonyl (C=O) groups is 10. The van der Waals surface area contributed by atoms with E-state index < -0.39 is 133 Å². The summed E-state index contributed by atoms with van der Waals surface area (Å²) in [5, 5.41) is 22.8. The summed E-state index contributed by atoms with van der Waals surface area (Å²) >= 11 is 0. The van der Waals surface area contributed by atoms with Crippen LogP contribution in [0.15, 0.2) is 72.9 Å². The summed E-state index contributed by atoms with van der Waals surface area (Å²) in [7, 11) is 2.77. The third kappa shape index (κ3) is 19.8. The molecule has 0 saturated heterocycles. The van der Waals surface area contributed by atoms with Crippen LogP contribution < -0.4 is 32.3 Å². The molecule has 4 rings (SSSR count). The van der Waals surface area contributed by atoms with E-state index in [1.165, 1.54) is 26.0 Å². The van der Waals surface area contributed by atoms with Crippen molar-refractivity contribution < 1.29 is 76.0 Å². The zero-order chi connectivity index (χ0) is 58.4. The third-order valence-electron chi connectivity index (χ3n) is 12.3. The summed E-state index contributed by atoms with van der Waals surface area (Å²) in [6.07, 6.45) is 2.40. The van der Waals surface area contributed by atoms with Gasteiger partial charge in [-0.3, -0.25) is 52.8 Å². The third-order valence-corrected chi connectivity index (χ3v) is 12.3. The van der Waals surface area contributed by atoms with E-state index in [1.807, 2.05) is 30.3 Å². The highest BCUT2D eigenvalue weighted by Crippen LogP contribution is 2.41. The monoisotopic (exact) mass is 1110 g/mol. The number of halogens is 2. The summed E-state index contributed by atoms with van der Waals surface area (Å²) in [6.45, 7) is 4.41. The maximum atomic E-state index is 15.4. The minimum Gasteiger partial charge on any atom is -0.387 e. The first-order valence-electron chi connectivity index (χ1n) is 25.2. The Morgan fingerprint density at radius 1 is 0.785 bits per heavy atom. The van der Waals surface area contributed by atoms with Gasteiger partial charge in [0.15, 0.2) is 0 Å². The first-order chi connectivity index (χ1) is 37.4. The molecular weight excluding hydrogens is 1040 g/mol. The van der Waals surface area contributed by atoms with Gasteiger partial charge in [0.25, 0.3) is 11.8 Å². The van der Waals surface area contributed by atoms with Gasteiger partial charge in [-0.1, -0.05) is 51.1 Å². The minimum absolute atomic E-state index is 0.0705. The molecule has 4 unspecified atom stereocenters. The zero-order valence-corrected chi connectivity index (χ0v) is 45.0. The van der Waals surface area contributed by atoms with E-state index in [4.69, 9.17) is 19.9 Å². The molecule has 4 atom stereocenters. The Morgan fingerprint density at radius 2 is 1.43 bits per heavy atom. The molecule has 24 nitrogen and oxygen atoms in total. The molecule has 79 heavy (non-hydrogen) atoms. The number of aliphatic hydroxyl groups is 1. The Morgan fingerprint density at radius 3 is 2.08 bits per heavy atom. The van der Waals surface area contributed by atoms with Crippen molar-refractivity contribution in [1.82, 2.24) is 45.9 Å². The molecule has 10 amide bonds. The second-order valence-corrected chi connectivity index (χ2v) is 19.3. The molecule has 26 heteroatoms. The highest BCUT2D eigenvalue weighted by atomic mass is 19.1. The quantitative estimate of drug-likeness (QED) is 0.0304. The van der Waals surface area contributed by atoms with E-state index in [1.54, 1.807) is 37.6 Å². The van der Waals surface area contributed by atoms with Gasteiger partial charge in [-0.25, -0.2) is 8.78 Å². The van der Waals surface area contributed by atoms with Crippen LogP contribution in [0.5, 0.6) is 0 Å². The number of benzene rings is 2. The lowest BCUT2D eigenvalue weighted by Gasteiger charge is -2.41. The van der Waals surface area contributed by atoms with Crippen LogP contribution in [-0.4, -0.2) is 188 Å². The average Bonchev–Trinajstić information content (AvgIpc) is 3.98. The van der Waals surface area contributed by atoms with Crippen LogP contribution in [0.25, 0.3) is 11.1 Å². The van der Waals surface area contributed by atoms with Crippen LogP contribution in [0.3, 0.4) is 0 Å². The molecule has 2 aromatic carbocycles. The number of carbonyl (C=O) groups excluding carboxylic acids is 10. The fraction of sp³-hybridized carbons (Fsp3) is 0.472. The molecule has 0 radical (unpaired) electrons. The van der Waals surface area contributed by atoms with E-state index in [2.05, 4.69) is 26.6 Å². The van der Waals surface area contributed by atoms with Gasteiger partial charge >= 0.3 is 0 Å². The van der Waals surface area contributed by atoms with E-state index in [-0.39, 0.29) is 57.1 Å². The molecule has 0 saturated carbocycles. The van der Waals surface area contributed by atoms with Crippen LogP contribution in [0.4, 0.5) is 8.78 Å². The topological polar surface area (TPSA) is 319 Å². The second kappa shape index (κ2) is 30.9. The molecule has 2 heterocycles. The molecule has 0 fully saturated rings. The molecule has 1 aliphatic heterocycles. The van der Waals surface area contributed by atoms with Crippen molar-refractivity contribution in [2.45, 2.75) is 71.2 Å². The van der Waals surface area contributed by atoms with Gasteiger partial charge in [0.05, 0.1) is 45.4 Å². The number of methoxy groups -OCH3 is 1. The van der Waals surface area contributed by atoms with Crippen LogP contribution in [0.2, 0.25) is 0 Å². The number of primary amides is 1. The highest BCUT2D eigenvalue weighted by molar-refractivity contribution is 6.14. The normalized spacial score (nSPS) is 13.7. The molecule has 8 N–H and O–H groups in total. The maximum Gasteiger partial charge on any atom is 0.254 e. The van der Waals surface area contributed by atoms with E-state index in [0.29, 0.717) is 23.8 Å². The van der Waals surface area contributed by atoms with E-state index in [0.717, 1.165) is 40.8 Å². The van der Waals surface area contributed by atoms with E-state index in [9.17, 15) is 57.4 Å². The number of hydrogen-bond donors (Lipinski definition) is 7. The number of rotatable bonds is 32. The van der Waals surface area contributed by atoms with Gasteiger partial charge < -0.3 is 66.0 Å². The van der Waals surface area contributed by atoms with Crippen LogP contribution >= 0.6 is 0 Å².